The van der Waals surface area contributed by atoms with Gasteiger partial charge >= 0.3 is 0 Å². The van der Waals surface area contributed by atoms with Gasteiger partial charge in [0.2, 0.25) is 0 Å². The van der Waals surface area contributed by atoms with Crippen LogP contribution in [0.5, 0.6) is 0 Å². The number of amidine groups is 1. The van der Waals surface area contributed by atoms with Crippen molar-refractivity contribution in [2.45, 2.75) is 13.8 Å². The van der Waals surface area contributed by atoms with Crippen molar-refractivity contribution in [2.75, 3.05) is 4.90 Å². The molecule has 0 saturated heterocycles. The summed E-state index contributed by atoms with van der Waals surface area (Å²) in [6.07, 6.45) is 0. The van der Waals surface area contributed by atoms with Crippen molar-refractivity contribution in [3.05, 3.63) is 59.0 Å². The van der Waals surface area contributed by atoms with Crippen molar-refractivity contribution < 1.29 is 20.1 Å². The number of para-hydroxylation sites is 1. The molecule has 0 amide bonds. The van der Waals surface area contributed by atoms with Crippen LogP contribution in [0.1, 0.15) is 16.7 Å². The number of anilines is 1. The van der Waals surface area contributed by atoms with Crippen LogP contribution < -0.4 is 4.90 Å². The second-order valence-electron chi connectivity index (χ2n) is 4.91. The minimum Gasteiger partial charge on any atom is -0.486 e. The van der Waals surface area contributed by atoms with E-state index >= 15 is 0 Å². The summed E-state index contributed by atoms with van der Waals surface area (Å²) in [7, 11) is 0. The van der Waals surface area contributed by atoms with Gasteiger partial charge < -0.3 is 4.90 Å². The van der Waals surface area contributed by atoms with Gasteiger partial charge in [-0.2, -0.15) is 42.1 Å². The molecule has 2 aliphatic rings. The Labute approximate surface area is 136 Å². The first kappa shape index (κ1) is 13.9. The Hall–Kier alpha value is -1.09. The van der Waals surface area contributed by atoms with E-state index in [0.717, 1.165) is 11.5 Å². The maximum Gasteiger partial charge on any atom is 0.114 e. The Morgan fingerprint density at radius 1 is 1.15 bits per heavy atom. The summed E-state index contributed by atoms with van der Waals surface area (Å²) in [5, 5.41) is 0. The third-order valence-electron chi connectivity index (χ3n) is 3.76. The van der Waals surface area contributed by atoms with Crippen LogP contribution in [0.25, 0.3) is 11.1 Å². The van der Waals surface area contributed by atoms with Crippen molar-refractivity contribution in [3.8, 4) is 11.1 Å². The molecule has 0 saturated carbocycles. The predicted molar refractivity (Wildman–Crippen MR) is 81.1 cm³/mol. The van der Waals surface area contributed by atoms with E-state index in [1.807, 2.05) is 18.0 Å². The normalized spacial score (nSPS) is 14.9. The second kappa shape index (κ2) is 5.03. The molecule has 0 bridgehead atoms. The monoisotopic (exact) mass is 457 g/mol. The molecule has 0 unspecified atom stereocenters. The zero-order valence-corrected chi connectivity index (χ0v) is 14.3. The summed E-state index contributed by atoms with van der Waals surface area (Å²) in [6, 6.07) is 14.0. The van der Waals surface area contributed by atoms with Gasteiger partial charge in [-0.25, -0.2) is 4.40 Å². The van der Waals surface area contributed by atoms with Crippen LogP contribution in [-0.2, 0) is 20.1 Å². The van der Waals surface area contributed by atoms with E-state index in [-0.39, 0.29) is 20.1 Å². The fraction of sp³-hybridized carbons (Fsp3) is 0.125. The number of nitrogens with zero attached hydrogens (tertiary/aromatic N) is 2. The summed E-state index contributed by atoms with van der Waals surface area (Å²) in [6.45, 7) is 4.31. The average Bonchev–Trinajstić information content (AvgIpc) is 2.91. The number of fused-ring (bicyclic) bond motifs is 6. The summed E-state index contributed by atoms with van der Waals surface area (Å²) >= 11 is 1.49. The van der Waals surface area contributed by atoms with Crippen LogP contribution in [0.2, 0.25) is 0 Å². The predicted octanol–water partition coefficient (Wildman–Crippen LogP) is 4.12. The number of aryl methyl sites for hydroxylation is 2. The molecule has 0 spiro atoms. The van der Waals surface area contributed by atoms with Crippen LogP contribution in [0.15, 0.2) is 34.7 Å². The minimum absolute atomic E-state index is 0. The quantitative estimate of drug-likeness (QED) is 0.438. The zero-order valence-electron chi connectivity index (χ0n) is 11.1. The topological polar surface area (TPSA) is 15.6 Å². The molecular formula is C16H12IrN2S-2. The molecular weight excluding hydrogens is 444 g/mol. The molecule has 4 heteroatoms. The molecule has 103 valence electrons. The molecule has 2 aliphatic heterocycles. The fourth-order valence-electron chi connectivity index (χ4n) is 2.62. The molecule has 2 aromatic rings. The average molecular weight is 457 g/mol. The van der Waals surface area contributed by atoms with Crippen molar-refractivity contribution >= 4 is 23.5 Å². The Balaban J connectivity index is 0.00000121. The Kier molecular flexibility index (Phi) is 3.49. The van der Waals surface area contributed by atoms with Crippen LogP contribution in [0.4, 0.5) is 5.69 Å². The van der Waals surface area contributed by atoms with E-state index in [9.17, 15) is 0 Å². The standard InChI is InChI=1S/C16H12N2S.Ir/c1-10-7-13-12-5-3-4-6-15(12)18-9-19-17-16(18)14(13)8-11(10)2;/h3-5,7-9H,1-2H3;/q-2;. The maximum atomic E-state index is 4.55. The van der Waals surface area contributed by atoms with Crippen molar-refractivity contribution in [1.29, 1.82) is 0 Å². The summed E-state index contributed by atoms with van der Waals surface area (Å²) in [5.41, 5.74) is 7.44. The third-order valence-corrected chi connectivity index (χ3v) is 4.34. The van der Waals surface area contributed by atoms with Gasteiger partial charge in [0.1, 0.15) is 5.84 Å². The number of hydrogen-bond donors (Lipinski definition) is 0. The van der Waals surface area contributed by atoms with Gasteiger partial charge in [0.25, 0.3) is 0 Å². The smallest absolute Gasteiger partial charge is 0.114 e. The Morgan fingerprint density at radius 3 is 2.70 bits per heavy atom. The van der Waals surface area contributed by atoms with Crippen LogP contribution in [0, 0.1) is 25.8 Å². The molecule has 0 N–H and O–H groups in total. The zero-order chi connectivity index (χ0) is 13.0. The fourth-order valence-corrected chi connectivity index (χ4v) is 3.25. The molecule has 2 nitrogen and oxygen atoms in total. The van der Waals surface area contributed by atoms with Crippen LogP contribution >= 0.6 is 11.9 Å². The van der Waals surface area contributed by atoms with E-state index in [0.29, 0.717) is 0 Å². The molecule has 4 rings (SSSR count). The molecule has 0 fully saturated rings. The summed E-state index contributed by atoms with van der Waals surface area (Å²) < 4.78 is 4.55. The van der Waals surface area contributed by atoms with Gasteiger partial charge in [-0.3, -0.25) is 0 Å². The first-order valence-corrected chi connectivity index (χ1v) is 7.08. The summed E-state index contributed by atoms with van der Waals surface area (Å²) in [5.74, 6) is 3.07. The molecule has 0 aliphatic carbocycles. The molecule has 20 heavy (non-hydrogen) atoms. The first-order valence-electron chi connectivity index (χ1n) is 6.25. The van der Waals surface area contributed by atoms with Crippen LogP contribution in [-0.4, -0.2) is 5.84 Å². The number of hydrogen-bond acceptors (Lipinski definition) is 3. The molecule has 1 radical (unpaired) electrons. The third kappa shape index (κ3) is 1.86. The van der Waals surface area contributed by atoms with E-state index in [4.69, 9.17) is 0 Å². The second-order valence-corrected chi connectivity index (χ2v) is 5.51. The molecule has 2 aromatic carbocycles. The van der Waals surface area contributed by atoms with E-state index in [1.165, 1.54) is 39.8 Å². The molecule has 0 aromatic heterocycles. The van der Waals surface area contributed by atoms with Gasteiger partial charge in [-0.05, 0) is 31.0 Å². The molecule has 0 atom stereocenters. The largest absolute Gasteiger partial charge is 0.486 e. The van der Waals surface area contributed by atoms with Crippen molar-refractivity contribution in [1.82, 2.24) is 0 Å². The van der Waals surface area contributed by atoms with Gasteiger partial charge in [-0.15, -0.1) is 5.56 Å². The van der Waals surface area contributed by atoms with E-state index < -0.39 is 0 Å². The van der Waals surface area contributed by atoms with Gasteiger partial charge in [0.15, 0.2) is 0 Å². The van der Waals surface area contributed by atoms with E-state index in [1.54, 1.807) is 0 Å². The minimum atomic E-state index is 0. The van der Waals surface area contributed by atoms with Gasteiger partial charge in [0, 0.05) is 25.7 Å². The van der Waals surface area contributed by atoms with Gasteiger partial charge in [0.05, 0.1) is 0 Å². The van der Waals surface area contributed by atoms with E-state index in [2.05, 4.69) is 47.4 Å². The van der Waals surface area contributed by atoms with Crippen molar-refractivity contribution in [2.24, 2.45) is 4.40 Å². The van der Waals surface area contributed by atoms with Crippen molar-refractivity contribution in [3.63, 3.8) is 0 Å². The van der Waals surface area contributed by atoms with Crippen LogP contribution in [0.3, 0.4) is 0 Å². The Bertz CT molecular complexity index is 724. The SMILES string of the molecule is Cc1cc2c(cc1C)-c1ccc[c-]c1N1[CH-]SN=C21.[Ir]. The summed E-state index contributed by atoms with van der Waals surface area (Å²) in [4.78, 5) is 2.14. The molecule has 2 heterocycles. The first-order chi connectivity index (χ1) is 9.25. The number of rotatable bonds is 0. The maximum absolute atomic E-state index is 4.55. The van der Waals surface area contributed by atoms with Gasteiger partial charge in [-0.1, -0.05) is 17.3 Å². The number of benzene rings is 2. The Morgan fingerprint density at radius 2 is 1.90 bits per heavy atom.